The molecule has 16 heavy (non-hydrogen) atoms. The number of nitriles is 1. The number of benzene rings is 1. The summed E-state index contributed by atoms with van der Waals surface area (Å²) in [5.41, 5.74) is 0.493. The summed E-state index contributed by atoms with van der Waals surface area (Å²) in [6.45, 7) is 0.0140. The molecule has 0 radical (unpaired) electrons. The highest BCUT2D eigenvalue weighted by atomic mass is 35.5. The molecule has 4 nitrogen and oxygen atoms in total. The second kappa shape index (κ2) is 5.59. The molecule has 0 aliphatic rings. The quantitative estimate of drug-likeness (QED) is 0.829. The summed E-state index contributed by atoms with van der Waals surface area (Å²) in [4.78, 5) is 12.7. The normalized spacial score (nSPS) is 9.38. The number of carbonyl (C=O) groups is 1. The largest absolute Gasteiger partial charge is 0.322 e. The van der Waals surface area contributed by atoms with Crippen LogP contribution >= 0.6 is 23.2 Å². The number of anilines is 1. The van der Waals surface area contributed by atoms with E-state index in [9.17, 15) is 4.79 Å². The number of carbonyl (C=O) groups excluding carboxylic acids is 1. The van der Waals surface area contributed by atoms with Gasteiger partial charge in [0.2, 0.25) is 0 Å². The molecule has 0 heterocycles. The minimum atomic E-state index is -0.389. The summed E-state index contributed by atoms with van der Waals surface area (Å²) in [5, 5.41) is 11.9. The minimum absolute atomic E-state index is 0.0140. The van der Waals surface area contributed by atoms with E-state index in [1.165, 1.54) is 11.9 Å². The number of halogens is 2. The van der Waals surface area contributed by atoms with Crippen LogP contribution in [0.4, 0.5) is 10.5 Å². The topological polar surface area (TPSA) is 56.1 Å². The van der Waals surface area contributed by atoms with Gasteiger partial charge in [0.25, 0.3) is 0 Å². The summed E-state index contributed by atoms with van der Waals surface area (Å²) in [7, 11) is 1.52. The zero-order valence-electron chi connectivity index (χ0n) is 8.50. The van der Waals surface area contributed by atoms with Crippen molar-refractivity contribution in [2.75, 3.05) is 18.9 Å². The van der Waals surface area contributed by atoms with Crippen LogP contribution in [0, 0.1) is 11.3 Å². The molecule has 0 atom stereocenters. The van der Waals surface area contributed by atoms with Gasteiger partial charge in [0.15, 0.2) is 0 Å². The summed E-state index contributed by atoms with van der Waals surface area (Å²) in [6, 6.07) is 6.20. The maximum atomic E-state index is 11.5. The molecule has 0 fully saturated rings. The van der Waals surface area contributed by atoms with Crippen molar-refractivity contribution in [2.24, 2.45) is 0 Å². The molecule has 1 aromatic rings. The number of rotatable bonds is 2. The van der Waals surface area contributed by atoms with Crippen molar-refractivity contribution in [3.63, 3.8) is 0 Å². The molecule has 2 amide bonds. The number of nitrogens with zero attached hydrogens (tertiary/aromatic N) is 2. The number of nitrogens with one attached hydrogen (secondary N) is 1. The van der Waals surface area contributed by atoms with E-state index in [1.54, 1.807) is 18.2 Å². The second-order valence-electron chi connectivity index (χ2n) is 3.10. The van der Waals surface area contributed by atoms with E-state index in [0.717, 1.165) is 0 Å². The van der Waals surface area contributed by atoms with Gasteiger partial charge in [-0.05, 0) is 18.2 Å². The Balaban J connectivity index is 2.73. The first-order valence-electron chi connectivity index (χ1n) is 4.38. The smallest absolute Gasteiger partial charge is 0.314 e. The average molecular weight is 258 g/mol. The Labute approximate surface area is 103 Å². The van der Waals surface area contributed by atoms with E-state index in [1.807, 2.05) is 6.07 Å². The molecule has 1 aromatic carbocycles. The molecular formula is C10H9Cl2N3O. The number of urea groups is 1. The first-order valence-corrected chi connectivity index (χ1v) is 5.13. The van der Waals surface area contributed by atoms with Crippen LogP contribution in [0.2, 0.25) is 10.0 Å². The fourth-order valence-electron chi connectivity index (χ4n) is 1.02. The van der Waals surface area contributed by atoms with Crippen molar-refractivity contribution in [1.82, 2.24) is 4.90 Å². The van der Waals surface area contributed by atoms with Crippen LogP contribution in [-0.4, -0.2) is 24.5 Å². The van der Waals surface area contributed by atoms with E-state index < -0.39 is 0 Å². The van der Waals surface area contributed by atoms with E-state index in [-0.39, 0.29) is 12.6 Å². The van der Waals surface area contributed by atoms with Crippen LogP contribution in [0.5, 0.6) is 0 Å². The third-order valence-electron chi connectivity index (χ3n) is 1.77. The molecule has 0 saturated carbocycles. The fraction of sp³-hybridized carbons (Fsp3) is 0.200. The lowest BCUT2D eigenvalue weighted by Crippen LogP contribution is -2.31. The molecule has 0 spiro atoms. The van der Waals surface area contributed by atoms with Gasteiger partial charge in [0.1, 0.15) is 6.54 Å². The molecule has 0 unspecified atom stereocenters. The lowest BCUT2D eigenvalue weighted by atomic mass is 10.3. The van der Waals surface area contributed by atoms with Crippen LogP contribution in [0.3, 0.4) is 0 Å². The van der Waals surface area contributed by atoms with E-state index >= 15 is 0 Å². The first-order chi connectivity index (χ1) is 7.52. The third kappa shape index (κ3) is 3.61. The van der Waals surface area contributed by atoms with E-state index in [2.05, 4.69) is 5.32 Å². The lowest BCUT2D eigenvalue weighted by Gasteiger charge is -2.14. The van der Waals surface area contributed by atoms with Gasteiger partial charge in [-0.3, -0.25) is 0 Å². The molecular weight excluding hydrogens is 249 g/mol. The van der Waals surface area contributed by atoms with Gasteiger partial charge in [-0.1, -0.05) is 23.2 Å². The molecule has 6 heteroatoms. The summed E-state index contributed by atoms with van der Waals surface area (Å²) < 4.78 is 0. The highest BCUT2D eigenvalue weighted by molar-refractivity contribution is 6.35. The van der Waals surface area contributed by atoms with Crippen LogP contribution in [0.15, 0.2) is 18.2 Å². The SMILES string of the molecule is CN(CC#N)C(=O)Nc1cc(Cl)cc(Cl)c1. The van der Waals surface area contributed by atoms with Crippen LogP contribution in [-0.2, 0) is 0 Å². The Morgan fingerprint density at radius 1 is 1.44 bits per heavy atom. The molecule has 1 rings (SSSR count). The monoisotopic (exact) mass is 257 g/mol. The van der Waals surface area contributed by atoms with Gasteiger partial charge in [-0.15, -0.1) is 0 Å². The molecule has 0 aliphatic heterocycles. The molecule has 0 saturated heterocycles. The highest BCUT2D eigenvalue weighted by Crippen LogP contribution is 2.22. The molecule has 0 aliphatic carbocycles. The zero-order chi connectivity index (χ0) is 12.1. The Bertz CT molecular complexity index is 422. The van der Waals surface area contributed by atoms with Crippen LogP contribution in [0.25, 0.3) is 0 Å². The molecule has 0 bridgehead atoms. The highest BCUT2D eigenvalue weighted by Gasteiger charge is 2.08. The maximum Gasteiger partial charge on any atom is 0.322 e. The predicted molar refractivity (Wildman–Crippen MR) is 63.7 cm³/mol. The van der Waals surface area contributed by atoms with Gasteiger partial charge in [-0.25, -0.2) is 4.79 Å². The van der Waals surface area contributed by atoms with Crippen molar-refractivity contribution in [1.29, 1.82) is 5.26 Å². The maximum absolute atomic E-state index is 11.5. The summed E-state index contributed by atoms with van der Waals surface area (Å²) in [5.74, 6) is 0. The zero-order valence-corrected chi connectivity index (χ0v) is 10.0. The summed E-state index contributed by atoms with van der Waals surface area (Å²) in [6.07, 6.45) is 0. The van der Waals surface area contributed by atoms with E-state index in [0.29, 0.717) is 15.7 Å². The second-order valence-corrected chi connectivity index (χ2v) is 3.98. The van der Waals surface area contributed by atoms with Gasteiger partial charge in [0, 0.05) is 22.8 Å². The Kier molecular flexibility index (Phi) is 4.41. The minimum Gasteiger partial charge on any atom is -0.314 e. The summed E-state index contributed by atoms with van der Waals surface area (Å²) >= 11 is 11.5. The van der Waals surface area contributed by atoms with Gasteiger partial charge >= 0.3 is 6.03 Å². The Hall–Kier alpha value is -1.44. The first kappa shape index (κ1) is 12.6. The van der Waals surface area contributed by atoms with Crippen molar-refractivity contribution in [3.8, 4) is 6.07 Å². The molecule has 84 valence electrons. The van der Waals surface area contributed by atoms with E-state index in [4.69, 9.17) is 28.5 Å². The lowest BCUT2D eigenvalue weighted by molar-refractivity contribution is 0.227. The van der Waals surface area contributed by atoms with Gasteiger partial charge in [0.05, 0.1) is 6.07 Å². The van der Waals surface area contributed by atoms with Crippen LogP contribution in [0.1, 0.15) is 0 Å². The van der Waals surface area contributed by atoms with Crippen molar-refractivity contribution in [3.05, 3.63) is 28.2 Å². The molecule has 0 aromatic heterocycles. The fourth-order valence-corrected chi connectivity index (χ4v) is 1.55. The average Bonchev–Trinajstić information content (AvgIpc) is 2.16. The Morgan fingerprint density at radius 3 is 2.50 bits per heavy atom. The number of amides is 2. The predicted octanol–water partition coefficient (Wildman–Crippen LogP) is 2.98. The molecule has 1 N–H and O–H groups in total. The van der Waals surface area contributed by atoms with Crippen molar-refractivity contribution in [2.45, 2.75) is 0 Å². The van der Waals surface area contributed by atoms with Gasteiger partial charge < -0.3 is 10.2 Å². The Morgan fingerprint density at radius 2 is 2.00 bits per heavy atom. The van der Waals surface area contributed by atoms with Crippen molar-refractivity contribution >= 4 is 34.9 Å². The number of hydrogen-bond donors (Lipinski definition) is 1. The van der Waals surface area contributed by atoms with Gasteiger partial charge in [-0.2, -0.15) is 5.26 Å². The number of hydrogen-bond acceptors (Lipinski definition) is 2. The van der Waals surface area contributed by atoms with Crippen molar-refractivity contribution < 1.29 is 4.79 Å². The standard InChI is InChI=1S/C10H9Cl2N3O/c1-15(3-2-13)10(16)14-9-5-7(11)4-8(12)6-9/h4-6H,3H2,1H3,(H,14,16). The third-order valence-corrected chi connectivity index (χ3v) is 2.20. The van der Waals surface area contributed by atoms with Crippen LogP contribution < -0.4 is 5.32 Å².